The highest BCUT2D eigenvalue weighted by atomic mass is 19.1. The largest absolute Gasteiger partial charge is 0.379 e. The van der Waals surface area contributed by atoms with Crippen molar-refractivity contribution in [1.29, 1.82) is 0 Å². The van der Waals surface area contributed by atoms with E-state index in [9.17, 15) is 14.3 Å². The zero-order chi connectivity index (χ0) is 20.3. The van der Waals surface area contributed by atoms with Crippen molar-refractivity contribution in [3.8, 4) is 11.4 Å². The fourth-order valence-electron chi connectivity index (χ4n) is 4.73. The zero-order valence-corrected chi connectivity index (χ0v) is 16.5. The average Bonchev–Trinajstić information content (AvgIpc) is 3.10. The van der Waals surface area contributed by atoms with Gasteiger partial charge in [0.05, 0.1) is 30.1 Å². The second-order valence-corrected chi connectivity index (χ2v) is 7.90. The molecule has 5 nitrogen and oxygen atoms in total. The number of benzene rings is 1. The lowest BCUT2D eigenvalue weighted by Gasteiger charge is -2.36. The number of para-hydroxylation sites is 1. The first-order valence-electron chi connectivity index (χ1n) is 10.2. The molecule has 5 rings (SSSR count). The number of aryl methyl sites for hydroxylation is 1. The lowest BCUT2D eigenvalue weighted by molar-refractivity contribution is -0.198. The van der Waals surface area contributed by atoms with E-state index in [1.54, 1.807) is 17.6 Å². The Balaban J connectivity index is 1.82. The van der Waals surface area contributed by atoms with Crippen molar-refractivity contribution >= 4 is 10.9 Å². The van der Waals surface area contributed by atoms with Crippen LogP contribution in [-0.2, 0) is 29.9 Å². The Bertz CT molecular complexity index is 1200. The van der Waals surface area contributed by atoms with Gasteiger partial charge in [-0.2, -0.15) is 0 Å². The number of nitrogens with zero attached hydrogens (tertiary/aromatic N) is 2. The number of halogens is 1. The fourth-order valence-corrected chi connectivity index (χ4v) is 4.73. The van der Waals surface area contributed by atoms with E-state index in [0.29, 0.717) is 23.4 Å². The van der Waals surface area contributed by atoms with Crippen molar-refractivity contribution in [1.82, 2.24) is 9.55 Å². The molecule has 3 aromatic rings. The standard InChI is InChI=1S/C23H23FN2O3/c1-3-7-13-14-8-5-6-9-18(14)25-20-15(13)11-26-19(20)10-17-16(21(26)27)12-29-22(24)23(17,28)4-2/h5-6,8-10,22,28H,3-4,7,11-12H2,1-2H3/t22-,23+/m1/s1. The summed E-state index contributed by atoms with van der Waals surface area (Å²) in [5.74, 6) is 0. The highest BCUT2D eigenvalue weighted by molar-refractivity contribution is 5.88. The summed E-state index contributed by atoms with van der Waals surface area (Å²) in [6.07, 6.45) is 0.129. The van der Waals surface area contributed by atoms with Gasteiger partial charge in [-0.15, -0.1) is 0 Å². The van der Waals surface area contributed by atoms with E-state index in [1.165, 1.54) is 5.56 Å². The van der Waals surface area contributed by atoms with Gasteiger partial charge in [0.2, 0.25) is 6.36 Å². The van der Waals surface area contributed by atoms with Crippen molar-refractivity contribution in [3.05, 3.63) is 62.9 Å². The van der Waals surface area contributed by atoms with Crippen molar-refractivity contribution in [2.75, 3.05) is 0 Å². The maximum absolute atomic E-state index is 14.5. The highest BCUT2D eigenvalue weighted by Crippen LogP contribution is 2.42. The van der Waals surface area contributed by atoms with E-state index < -0.39 is 12.0 Å². The molecule has 0 saturated heterocycles. The van der Waals surface area contributed by atoms with Crippen LogP contribution in [0.25, 0.3) is 22.3 Å². The Kier molecular flexibility index (Phi) is 4.12. The molecule has 0 radical (unpaired) electrons. The third-order valence-corrected chi connectivity index (χ3v) is 6.33. The fraction of sp³-hybridized carbons (Fsp3) is 0.391. The zero-order valence-electron chi connectivity index (χ0n) is 16.5. The van der Waals surface area contributed by atoms with Gasteiger partial charge in [0.1, 0.15) is 5.60 Å². The van der Waals surface area contributed by atoms with Gasteiger partial charge in [-0.05, 0) is 30.5 Å². The topological polar surface area (TPSA) is 64.4 Å². The Labute approximate surface area is 167 Å². The van der Waals surface area contributed by atoms with Crippen LogP contribution in [0.5, 0.6) is 0 Å². The van der Waals surface area contributed by atoms with Gasteiger partial charge in [0.25, 0.3) is 5.56 Å². The summed E-state index contributed by atoms with van der Waals surface area (Å²) in [7, 11) is 0. The number of aliphatic hydroxyl groups is 1. The number of fused-ring (bicyclic) bond motifs is 5. The summed E-state index contributed by atoms with van der Waals surface area (Å²) in [6.45, 7) is 4.13. The minimum absolute atomic E-state index is 0.114. The van der Waals surface area contributed by atoms with Gasteiger partial charge >= 0.3 is 0 Å². The van der Waals surface area contributed by atoms with Crippen LogP contribution >= 0.6 is 0 Å². The molecule has 4 heterocycles. The summed E-state index contributed by atoms with van der Waals surface area (Å²) in [5.41, 5.74) is 3.14. The van der Waals surface area contributed by atoms with Gasteiger partial charge in [0.15, 0.2) is 0 Å². The van der Waals surface area contributed by atoms with Gasteiger partial charge in [-0.1, -0.05) is 38.5 Å². The highest BCUT2D eigenvalue weighted by Gasteiger charge is 2.45. The summed E-state index contributed by atoms with van der Waals surface area (Å²) in [4.78, 5) is 18.1. The Hall–Kier alpha value is -2.57. The first-order valence-corrected chi connectivity index (χ1v) is 10.2. The number of hydrogen-bond donors (Lipinski definition) is 1. The maximum Gasteiger partial charge on any atom is 0.257 e. The van der Waals surface area contributed by atoms with Crippen LogP contribution in [0.4, 0.5) is 4.39 Å². The van der Waals surface area contributed by atoms with Crippen LogP contribution in [-0.4, -0.2) is 21.0 Å². The van der Waals surface area contributed by atoms with Crippen LogP contribution < -0.4 is 5.56 Å². The van der Waals surface area contributed by atoms with E-state index in [-0.39, 0.29) is 18.6 Å². The molecule has 0 fully saturated rings. The Morgan fingerprint density at radius 3 is 2.86 bits per heavy atom. The molecule has 0 saturated carbocycles. The monoisotopic (exact) mass is 394 g/mol. The number of ether oxygens (including phenoxy) is 1. The van der Waals surface area contributed by atoms with E-state index in [4.69, 9.17) is 9.72 Å². The molecule has 0 unspecified atom stereocenters. The molecule has 6 heteroatoms. The van der Waals surface area contributed by atoms with Crippen molar-refractivity contribution in [3.63, 3.8) is 0 Å². The van der Waals surface area contributed by atoms with Crippen molar-refractivity contribution in [2.24, 2.45) is 0 Å². The molecular formula is C23H23FN2O3. The van der Waals surface area contributed by atoms with Gasteiger partial charge in [0, 0.05) is 22.1 Å². The lowest BCUT2D eigenvalue weighted by Crippen LogP contribution is -2.45. The van der Waals surface area contributed by atoms with Crippen LogP contribution in [0.2, 0.25) is 0 Å². The quantitative estimate of drug-likeness (QED) is 0.574. The second kappa shape index (κ2) is 6.47. The Morgan fingerprint density at radius 2 is 2.10 bits per heavy atom. The molecular weight excluding hydrogens is 371 g/mol. The molecule has 0 spiro atoms. The minimum Gasteiger partial charge on any atom is -0.379 e. The summed E-state index contributed by atoms with van der Waals surface area (Å²) in [6, 6.07) is 9.75. The molecule has 1 N–H and O–H groups in total. The SMILES string of the molecule is CCCc1c2c(nc3ccccc13)-c1cc3c(c(=O)n1C2)CO[C@@H](F)[C@]3(O)CC. The molecule has 29 heavy (non-hydrogen) atoms. The maximum atomic E-state index is 14.5. The first kappa shape index (κ1) is 18.5. The predicted molar refractivity (Wildman–Crippen MR) is 108 cm³/mol. The predicted octanol–water partition coefficient (Wildman–Crippen LogP) is 3.80. The van der Waals surface area contributed by atoms with Crippen LogP contribution in [0, 0.1) is 0 Å². The average molecular weight is 394 g/mol. The molecule has 2 aliphatic rings. The van der Waals surface area contributed by atoms with E-state index in [1.807, 2.05) is 18.2 Å². The van der Waals surface area contributed by atoms with E-state index >= 15 is 0 Å². The number of rotatable bonds is 3. The number of alkyl halides is 1. The van der Waals surface area contributed by atoms with Crippen molar-refractivity contribution in [2.45, 2.75) is 58.2 Å². The van der Waals surface area contributed by atoms with Gasteiger partial charge < -0.3 is 14.4 Å². The third kappa shape index (κ3) is 2.45. The van der Waals surface area contributed by atoms with E-state index in [0.717, 1.165) is 35.0 Å². The van der Waals surface area contributed by atoms with Crippen LogP contribution in [0.15, 0.2) is 35.1 Å². The van der Waals surface area contributed by atoms with Crippen LogP contribution in [0.3, 0.4) is 0 Å². The molecule has 2 aliphatic heterocycles. The lowest BCUT2D eigenvalue weighted by atomic mass is 9.85. The van der Waals surface area contributed by atoms with Crippen molar-refractivity contribution < 1.29 is 14.2 Å². The molecule has 150 valence electrons. The molecule has 0 aliphatic carbocycles. The molecule has 1 aromatic carbocycles. The summed E-state index contributed by atoms with van der Waals surface area (Å²) >= 11 is 0. The van der Waals surface area contributed by atoms with Gasteiger partial charge in [-0.3, -0.25) is 4.79 Å². The van der Waals surface area contributed by atoms with E-state index in [2.05, 4.69) is 13.0 Å². The minimum atomic E-state index is -1.86. The summed E-state index contributed by atoms with van der Waals surface area (Å²) < 4.78 is 21.3. The molecule has 2 atom stereocenters. The Morgan fingerprint density at radius 1 is 1.31 bits per heavy atom. The third-order valence-electron chi connectivity index (χ3n) is 6.33. The first-order chi connectivity index (χ1) is 14.0. The smallest absolute Gasteiger partial charge is 0.257 e. The number of aromatic nitrogens is 2. The molecule has 0 bridgehead atoms. The summed E-state index contributed by atoms with van der Waals surface area (Å²) in [5, 5.41) is 12.1. The number of pyridine rings is 2. The van der Waals surface area contributed by atoms with Crippen LogP contribution in [0.1, 0.15) is 48.9 Å². The number of hydrogen-bond acceptors (Lipinski definition) is 4. The second-order valence-electron chi connectivity index (χ2n) is 7.90. The normalized spacial score (nSPS) is 22.4. The molecule has 0 amide bonds. The molecule has 2 aromatic heterocycles. The van der Waals surface area contributed by atoms with Gasteiger partial charge in [-0.25, -0.2) is 9.37 Å².